The number of hydrogen-bond acceptors (Lipinski definition) is 3. The van der Waals surface area contributed by atoms with Crippen molar-refractivity contribution in [2.24, 2.45) is 5.73 Å². The summed E-state index contributed by atoms with van der Waals surface area (Å²) in [4.78, 5) is 4.46. The Hall–Kier alpha value is -1.46. The van der Waals surface area contributed by atoms with Gasteiger partial charge in [0.25, 0.3) is 0 Å². The number of rotatable bonds is 3. The Kier molecular flexibility index (Phi) is 3.93. The number of halogens is 1. The summed E-state index contributed by atoms with van der Waals surface area (Å²) in [5.41, 5.74) is 9.18. The summed E-state index contributed by atoms with van der Waals surface area (Å²) in [5, 5.41) is 3.29. The number of anilines is 2. The lowest BCUT2D eigenvalue weighted by Crippen LogP contribution is -2.13. The van der Waals surface area contributed by atoms with E-state index in [-0.39, 0.29) is 4.99 Å². The second-order valence-electron chi connectivity index (χ2n) is 3.87. The summed E-state index contributed by atoms with van der Waals surface area (Å²) in [5.74, 6) is 0. The molecule has 3 N–H and O–H groups in total. The van der Waals surface area contributed by atoms with E-state index >= 15 is 0 Å². The van der Waals surface area contributed by atoms with Gasteiger partial charge in [0.2, 0.25) is 0 Å². The van der Waals surface area contributed by atoms with Gasteiger partial charge in [-0.3, -0.25) is 4.98 Å². The van der Waals surface area contributed by atoms with E-state index in [4.69, 9.17) is 18.0 Å². The molecule has 2 aromatic rings. The van der Waals surface area contributed by atoms with Crippen molar-refractivity contribution in [2.75, 3.05) is 5.32 Å². The van der Waals surface area contributed by atoms with Gasteiger partial charge in [-0.25, -0.2) is 0 Å². The van der Waals surface area contributed by atoms with Gasteiger partial charge < -0.3 is 11.1 Å². The Morgan fingerprint density at radius 2 is 2.11 bits per heavy atom. The highest BCUT2D eigenvalue weighted by atomic mass is 79.9. The van der Waals surface area contributed by atoms with Crippen LogP contribution in [0.2, 0.25) is 0 Å². The number of benzene rings is 1. The molecule has 5 heteroatoms. The summed E-state index contributed by atoms with van der Waals surface area (Å²) in [6.07, 6.45) is 1.67. The minimum atomic E-state index is 0.280. The predicted molar refractivity (Wildman–Crippen MR) is 82.3 cm³/mol. The van der Waals surface area contributed by atoms with E-state index in [9.17, 15) is 0 Å². The fourth-order valence-corrected chi connectivity index (χ4v) is 2.09. The van der Waals surface area contributed by atoms with Gasteiger partial charge in [-0.2, -0.15) is 0 Å². The van der Waals surface area contributed by atoms with Gasteiger partial charge in [-0.05, 0) is 52.7 Å². The van der Waals surface area contributed by atoms with Crippen molar-refractivity contribution in [2.45, 2.75) is 6.92 Å². The van der Waals surface area contributed by atoms with Gasteiger partial charge in [0.15, 0.2) is 0 Å². The number of aryl methyl sites for hydroxylation is 1. The fourth-order valence-electron chi connectivity index (χ4n) is 1.58. The number of nitrogens with two attached hydrogens (primary N) is 1. The lowest BCUT2D eigenvalue weighted by Gasteiger charge is -2.12. The van der Waals surface area contributed by atoms with Crippen LogP contribution in [0.3, 0.4) is 0 Å². The van der Waals surface area contributed by atoms with E-state index in [1.165, 1.54) is 5.56 Å². The molecule has 0 aliphatic carbocycles. The number of nitrogens with zero attached hydrogens (tertiary/aromatic N) is 1. The third-order valence-electron chi connectivity index (χ3n) is 2.43. The molecule has 0 bridgehead atoms. The third kappa shape index (κ3) is 2.86. The quantitative estimate of drug-likeness (QED) is 0.849. The molecule has 0 aliphatic rings. The zero-order chi connectivity index (χ0) is 13.1. The van der Waals surface area contributed by atoms with Gasteiger partial charge in [0.05, 0.1) is 11.4 Å². The Balaban J connectivity index is 2.40. The smallest absolute Gasteiger partial charge is 0.124 e. The van der Waals surface area contributed by atoms with Gasteiger partial charge in [-0.1, -0.05) is 18.3 Å². The first-order valence-corrected chi connectivity index (χ1v) is 6.56. The van der Waals surface area contributed by atoms with Crippen LogP contribution in [0.4, 0.5) is 11.4 Å². The first-order chi connectivity index (χ1) is 8.58. The SMILES string of the molecule is Cc1ccc(Br)c(Nc2cccnc2C(N)=S)c1. The summed E-state index contributed by atoms with van der Waals surface area (Å²) >= 11 is 8.49. The topological polar surface area (TPSA) is 50.9 Å². The van der Waals surface area contributed by atoms with Gasteiger partial charge in [-0.15, -0.1) is 0 Å². The Labute approximate surface area is 120 Å². The van der Waals surface area contributed by atoms with Crippen LogP contribution < -0.4 is 11.1 Å². The molecule has 0 fully saturated rings. The molecule has 0 aliphatic heterocycles. The standard InChI is InChI=1S/C13H12BrN3S/c1-8-4-5-9(14)11(7-8)17-10-3-2-6-16-12(10)13(15)18/h2-7,17H,1H3,(H2,15,18). The van der Waals surface area contributed by atoms with Crippen molar-refractivity contribution in [3.05, 3.63) is 52.3 Å². The Morgan fingerprint density at radius 3 is 2.83 bits per heavy atom. The predicted octanol–water partition coefficient (Wildman–Crippen LogP) is 3.53. The van der Waals surface area contributed by atoms with E-state index in [2.05, 4.69) is 26.2 Å². The molecule has 0 saturated heterocycles. The molecule has 1 aromatic carbocycles. The summed E-state index contributed by atoms with van der Waals surface area (Å²) in [6, 6.07) is 9.81. The van der Waals surface area contributed by atoms with Crippen LogP contribution in [0.15, 0.2) is 41.0 Å². The molecular weight excluding hydrogens is 310 g/mol. The Bertz CT molecular complexity index is 599. The monoisotopic (exact) mass is 321 g/mol. The average Bonchev–Trinajstić information content (AvgIpc) is 2.34. The highest BCUT2D eigenvalue weighted by molar-refractivity contribution is 9.10. The molecule has 0 spiro atoms. The molecule has 0 amide bonds. The van der Waals surface area contributed by atoms with E-state index in [1.54, 1.807) is 6.20 Å². The van der Waals surface area contributed by atoms with Crippen molar-refractivity contribution < 1.29 is 0 Å². The second kappa shape index (κ2) is 5.46. The van der Waals surface area contributed by atoms with Crippen molar-refractivity contribution in [3.63, 3.8) is 0 Å². The zero-order valence-electron chi connectivity index (χ0n) is 9.77. The van der Waals surface area contributed by atoms with Crippen molar-refractivity contribution in [1.29, 1.82) is 0 Å². The van der Waals surface area contributed by atoms with Gasteiger partial charge in [0, 0.05) is 10.7 Å². The van der Waals surface area contributed by atoms with E-state index < -0.39 is 0 Å². The molecule has 0 atom stereocenters. The first kappa shape index (κ1) is 13.0. The van der Waals surface area contributed by atoms with Gasteiger partial charge in [0.1, 0.15) is 10.7 Å². The summed E-state index contributed by atoms with van der Waals surface area (Å²) in [7, 11) is 0. The van der Waals surface area contributed by atoms with E-state index in [1.807, 2.05) is 37.3 Å². The summed E-state index contributed by atoms with van der Waals surface area (Å²) in [6.45, 7) is 2.04. The number of thiocarbonyl (C=S) groups is 1. The van der Waals surface area contributed by atoms with Crippen LogP contribution in [-0.4, -0.2) is 9.97 Å². The molecule has 1 aromatic heterocycles. The molecule has 3 nitrogen and oxygen atoms in total. The number of hydrogen-bond donors (Lipinski definition) is 2. The average molecular weight is 322 g/mol. The number of aromatic nitrogens is 1. The Morgan fingerprint density at radius 1 is 1.33 bits per heavy atom. The number of pyridine rings is 1. The fraction of sp³-hybridized carbons (Fsp3) is 0.0769. The normalized spacial score (nSPS) is 10.1. The van der Waals surface area contributed by atoms with Crippen LogP contribution in [0.5, 0.6) is 0 Å². The largest absolute Gasteiger partial charge is 0.388 e. The maximum absolute atomic E-state index is 5.65. The lowest BCUT2D eigenvalue weighted by atomic mass is 10.2. The lowest BCUT2D eigenvalue weighted by molar-refractivity contribution is 1.28. The molecule has 1 heterocycles. The number of nitrogens with one attached hydrogen (secondary N) is 1. The maximum Gasteiger partial charge on any atom is 0.124 e. The third-order valence-corrected chi connectivity index (χ3v) is 3.32. The highest BCUT2D eigenvalue weighted by Gasteiger charge is 2.08. The van der Waals surface area contributed by atoms with E-state index in [0.717, 1.165) is 15.8 Å². The van der Waals surface area contributed by atoms with Crippen molar-refractivity contribution in [3.8, 4) is 0 Å². The molecular formula is C13H12BrN3S. The minimum absolute atomic E-state index is 0.280. The van der Waals surface area contributed by atoms with Crippen LogP contribution >= 0.6 is 28.1 Å². The molecule has 0 radical (unpaired) electrons. The summed E-state index contributed by atoms with van der Waals surface area (Å²) < 4.78 is 0.978. The first-order valence-electron chi connectivity index (χ1n) is 5.36. The molecule has 0 saturated carbocycles. The van der Waals surface area contributed by atoms with Crippen LogP contribution in [0.25, 0.3) is 0 Å². The highest BCUT2D eigenvalue weighted by Crippen LogP contribution is 2.27. The second-order valence-corrected chi connectivity index (χ2v) is 5.17. The van der Waals surface area contributed by atoms with Gasteiger partial charge >= 0.3 is 0 Å². The van der Waals surface area contributed by atoms with E-state index in [0.29, 0.717) is 5.69 Å². The zero-order valence-corrected chi connectivity index (χ0v) is 12.2. The molecule has 92 valence electrons. The molecule has 18 heavy (non-hydrogen) atoms. The molecule has 2 rings (SSSR count). The van der Waals surface area contributed by atoms with Crippen LogP contribution in [0.1, 0.15) is 11.3 Å². The van der Waals surface area contributed by atoms with Crippen LogP contribution in [-0.2, 0) is 0 Å². The van der Waals surface area contributed by atoms with Crippen LogP contribution in [0, 0.1) is 6.92 Å². The van der Waals surface area contributed by atoms with Crippen molar-refractivity contribution in [1.82, 2.24) is 4.98 Å². The minimum Gasteiger partial charge on any atom is -0.388 e. The molecule has 0 unspecified atom stereocenters. The van der Waals surface area contributed by atoms with Crippen molar-refractivity contribution >= 4 is 44.5 Å². The maximum atomic E-state index is 5.65.